The second-order valence-electron chi connectivity index (χ2n) is 8.46. The Morgan fingerprint density at radius 2 is 1.00 bits per heavy atom. The molecule has 3 unspecified atom stereocenters. The van der Waals surface area contributed by atoms with E-state index in [0.29, 0.717) is 0 Å². The predicted molar refractivity (Wildman–Crippen MR) is 103 cm³/mol. The molecule has 0 bridgehead atoms. The minimum atomic E-state index is 0.881. The van der Waals surface area contributed by atoms with Gasteiger partial charge in [0.2, 0.25) is 0 Å². The predicted octanol–water partition coefficient (Wildman–Crippen LogP) is 8.25. The van der Waals surface area contributed by atoms with Gasteiger partial charge >= 0.3 is 0 Å². The molecule has 0 aromatic rings. The highest BCUT2D eigenvalue weighted by Gasteiger charge is 2.09. The quantitative estimate of drug-likeness (QED) is 0.285. The van der Waals surface area contributed by atoms with E-state index in [1.54, 1.807) is 0 Å². The van der Waals surface area contributed by atoms with Crippen LogP contribution in [-0.2, 0) is 0 Å². The lowest BCUT2D eigenvalue weighted by Crippen LogP contribution is -2.03. The Morgan fingerprint density at radius 1 is 0.545 bits per heavy atom. The summed E-state index contributed by atoms with van der Waals surface area (Å²) in [5.74, 6) is 3.77. The molecule has 0 radical (unpaired) electrons. The molecule has 0 aliphatic rings. The van der Waals surface area contributed by atoms with Crippen LogP contribution in [0.5, 0.6) is 0 Å². The number of rotatable bonds is 15. The molecule has 0 spiro atoms. The molecule has 0 saturated carbocycles. The van der Waals surface area contributed by atoms with Crippen molar-refractivity contribution < 1.29 is 0 Å². The summed E-state index contributed by atoms with van der Waals surface area (Å²) in [6, 6.07) is 0. The first-order valence-corrected chi connectivity index (χ1v) is 10.5. The number of hydrogen-bond acceptors (Lipinski definition) is 0. The topological polar surface area (TPSA) is 0 Å². The lowest BCUT2D eigenvalue weighted by Gasteiger charge is -2.18. The molecule has 0 aromatic heterocycles. The largest absolute Gasteiger partial charge is 0.0654 e. The van der Waals surface area contributed by atoms with Gasteiger partial charge in [-0.25, -0.2) is 0 Å². The van der Waals surface area contributed by atoms with E-state index in [-0.39, 0.29) is 0 Å². The van der Waals surface area contributed by atoms with E-state index in [0.717, 1.165) is 23.7 Å². The van der Waals surface area contributed by atoms with Crippen molar-refractivity contribution in [2.24, 2.45) is 23.7 Å². The molecule has 0 rings (SSSR count). The second-order valence-corrected chi connectivity index (χ2v) is 8.46. The van der Waals surface area contributed by atoms with Crippen molar-refractivity contribution in [3.8, 4) is 0 Å². The molecule has 22 heavy (non-hydrogen) atoms. The Morgan fingerprint density at radius 3 is 1.41 bits per heavy atom. The Balaban J connectivity index is 3.63. The van der Waals surface area contributed by atoms with Gasteiger partial charge in [0.25, 0.3) is 0 Å². The molecule has 0 heterocycles. The maximum absolute atomic E-state index is 2.47. The Labute approximate surface area is 142 Å². The van der Waals surface area contributed by atoms with Gasteiger partial charge in [-0.3, -0.25) is 0 Å². The Bertz CT molecular complexity index is 218. The zero-order valence-corrected chi connectivity index (χ0v) is 16.8. The smallest absolute Gasteiger partial charge is 0.0417 e. The molecule has 0 nitrogen and oxygen atoms in total. The summed E-state index contributed by atoms with van der Waals surface area (Å²) in [6.45, 7) is 14.3. The summed E-state index contributed by atoms with van der Waals surface area (Å²) in [6.07, 6.45) is 17.3. The van der Waals surface area contributed by atoms with E-state index in [1.165, 1.54) is 77.0 Å². The van der Waals surface area contributed by atoms with Gasteiger partial charge in [-0.2, -0.15) is 0 Å². The summed E-state index contributed by atoms with van der Waals surface area (Å²) in [5, 5.41) is 0. The van der Waals surface area contributed by atoms with Crippen LogP contribution in [-0.4, -0.2) is 0 Å². The summed E-state index contributed by atoms with van der Waals surface area (Å²) in [5.41, 5.74) is 0. The van der Waals surface area contributed by atoms with Crippen molar-refractivity contribution in [2.45, 2.75) is 119 Å². The first kappa shape index (κ1) is 22.0. The molecule has 0 N–H and O–H groups in total. The van der Waals surface area contributed by atoms with E-state index >= 15 is 0 Å². The molecule has 134 valence electrons. The maximum atomic E-state index is 2.47. The fourth-order valence-electron chi connectivity index (χ4n) is 3.72. The van der Waals surface area contributed by atoms with Crippen LogP contribution in [0, 0.1) is 23.7 Å². The third kappa shape index (κ3) is 13.6. The summed E-state index contributed by atoms with van der Waals surface area (Å²) < 4.78 is 0. The van der Waals surface area contributed by atoms with Crippen LogP contribution in [0.15, 0.2) is 0 Å². The Kier molecular flexibility index (Phi) is 14.6. The lowest BCUT2D eigenvalue weighted by atomic mass is 9.88. The molecule has 0 fully saturated rings. The molecular weight excluding hydrogens is 264 g/mol. The van der Waals surface area contributed by atoms with Crippen molar-refractivity contribution in [2.75, 3.05) is 0 Å². The average molecular weight is 311 g/mol. The number of hydrogen-bond donors (Lipinski definition) is 0. The first-order chi connectivity index (χ1) is 10.5. The van der Waals surface area contributed by atoms with E-state index in [4.69, 9.17) is 0 Å². The minimum Gasteiger partial charge on any atom is -0.0654 e. The van der Waals surface area contributed by atoms with Gasteiger partial charge < -0.3 is 0 Å². The maximum Gasteiger partial charge on any atom is -0.0417 e. The zero-order chi connectivity index (χ0) is 16.8. The van der Waals surface area contributed by atoms with E-state index in [9.17, 15) is 0 Å². The highest BCUT2D eigenvalue weighted by atomic mass is 14.2. The van der Waals surface area contributed by atoms with Gasteiger partial charge in [-0.05, 0) is 23.7 Å². The SMILES string of the molecule is CCCC(C)CCCC(CC)CCCC(C)CCCC(C)C. The molecular formula is C22H46. The normalized spacial score (nSPS) is 16.0. The van der Waals surface area contributed by atoms with Crippen LogP contribution in [0.2, 0.25) is 0 Å². The molecule has 3 atom stereocenters. The standard InChI is InChI=1S/C22H46/c1-7-12-20(5)15-10-17-22(8-2)18-11-16-21(6)14-9-13-19(3)4/h19-22H,7-18H2,1-6H3. The van der Waals surface area contributed by atoms with Gasteiger partial charge in [0.1, 0.15) is 0 Å². The van der Waals surface area contributed by atoms with Crippen LogP contribution >= 0.6 is 0 Å². The summed E-state index contributed by atoms with van der Waals surface area (Å²) >= 11 is 0. The zero-order valence-electron chi connectivity index (χ0n) is 16.8. The molecule has 0 heteroatoms. The van der Waals surface area contributed by atoms with Gasteiger partial charge in [0, 0.05) is 0 Å². The fourth-order valence-corrected chi connectivity index (χ4v) is 3.72. The van der Waals surface area contributed by atoms with Crippen LogP contribution in [0.4, 0.5) is 0 Å². The highest BCUT2D eigenvalue weighted by molar-refractivity contribution is 4.63. The van der Waals surface area contributed by atoms with E-state index in [2.05, 4.69) is 41.5 Å². The first-order valence-electron chi connectivity index (χ1n) is 10.5. The lowest BCUT2D eigenvalue weighted by molar-refractivity contribution is 0.352. The van der Waals surface area contributed by atoms with Gasteiger partial charge in [0.15, 0.2) is 0 Å². The van der Waals surface area contributed by atoms with Crippen molar-refractivity contribution in [3.63, 3.8) is 0 Å². The molecule has 0 aliphatic carbocycles. The molecule has 0 saturated heterocycles. The van der Waals surface area contributed by atoms with Gasteiger partial charge in [-0.15, -0.1) is 0 Å². The summed E-state index contributed by atoms with van der Waals surface area (Å²) in [4.78, 5) is 0. The summed E-state index contributed by atoms with van der Waals surface area (Å²) in [7, 11) is 0. The third-order valence-electron chi connectivity index (χ3n) is 5.46. The van der Waals surface area contributed by atoms with Crippen molar-refractivity contribution in [3.05, 3.63) is 0 Å². The molecule has 0 aliphatic heterocycles. The van der Waals surface area contributed by atoms with Crippen LogP contribution < -0.4 is 0 Å². The molecule has 0 aromatic carbocycles. The third-order valence-corrected chi connectivity index (χ3v) is 5.46. The second kappa shape index (κ2) is 14.6. The van der Waals surface area contributed by atoms with Crippen molar-refractivity contribution in [1.29, 1.82) is 0 Å². The van der Waals surface area contributed by atoms with Gasteiger partial charge in [0.05, 0.1) is 0 Å². The van der Waals surface area contributed by atoms with E-state index in [1.807, 2.05) is 0 Å². The molecule has 0 amide bonds. The van der Waals surface area contributed by atoms with Crippen LogP contribution in [0.3, 0.4) is 0 Å². The van der Waals surface area contributed by atoms with Crippen LogP contribution in [0.1, 0.15) is 119 Å². The Hall–Kier alpha value is 0. The van der Waals surface area contributed by atoms with Crippen LogP contribution in [0.25, 0.3) is 0 Å². The minimum absolute atomic E-state index is 0.881. The monoisotopic (exact) mass is 310 g/mol. The van der Waals surface area contributed by atoms with Gasteiger partial charge in [-0.1, -0.05) is 119 Å². The van der Waals surface area contributed by atoms with Crippen molar-refractivity contribution in [1.82, 2.24) is 0 Å². The highest BCUT2D eigenvalue weighted by Crippen LogP contribution is 2.24. The van der Waals surface area contributed by atoms with E-state index < -0.39 is 0 Å². The van der Waals surface area contributed by atoms with Crippen molar-refractivity contribution >= 4 is 0 Å². The fraction of sp³-hybridized carbons (Fsp3) is 1.00. The average Bonchev–Trinajstić information content (AvgIpc) is 2.45.